The van der Waals surface area contributed by atoms with Gasteiger partial charge in [0.2, 0.25) is 0 Å². The number of hydrogen-bond donors (Lipinski definition) is 0. The van der Waals surface area contributed by atoms with Crippen molar-refractivity contribution in [2.75, 3.05) is 26.0 Å². The van der Waals surface area contributed by atoms with Crippen LogP contribution >= 0.6 is 35.0 Å². The van der Waals surface area contributed by atoms with Crippen LogP contribution in [0.15, 0.2) is 46.2 Å². The van der Waals surface area contributed by atoms with E-state index < -0.39 is 0 Å². The Morgan fingerprint density at radius 3 is 1.57 bits per heavy atom. The van der Waals surface area contributed by atoms with E-state index >= 15 is 0 Å². The maximum atomic E-state index is 5.97. The van der Waals surface area contributed by atoms with Crippen molar-refractivity contribution >= 4 is 35.0 Å². The summed E-state index contributed by atoms with van der Waals surface area (Å²) in [6.07, 6.45) is 1.53. The third-order valence-electron chi connectivity index (χ3n) is 3.53. The molecule has 0 aromatic heterocycles. The second-order valence-electron chi connectivity index (χ2n) is 4.85. The summed E-state index contributed by atoms with van der Waals surface area (Å²) < 4.78 is 11.0. The quantitative estimate of drug-likeness (QED) is 0.578. The molecule has 2 rings (SSSR count). The van der Waals surface area contributed by atoms with Gasteiger partial charge >= 0.3 is 0 Å². The monoisotopic (exact) mass is 370 g/mol. The second kappa shape index (κ2) is 9.31. The lowest BCUT2D eigenvalue weighted by molar-refractivity contribution is 0.408. The lowest BCUT2D eigenvalue weighted by Gasteiger charge is -2.16. The molecule has 0 N–H and O–H groups in total. The Morgan fingerprint density at radius 1 is 0.783 bits per heavy atom. The van der Waals surface area contributed by atoms with Crippen molar-refractivity contribution in [1.82, 2.24) is 0 Å². The van der Waals surface area contributed by atoms with Gasteiger partial charge in [-0.1, -0.05) is 23.9 Å². The van der Waals surface area contributed by atoms with Gasteiger partial charge < -0.3 is 9.47 Å². The van der Waals surface area contributed by atoms with Crippen LogP contribution in [-0.2, 0) is 12.8 Å². The molecule has 2 aromatic carbocycles. The molecule has 0 heterocycles. The Bertz CT molecular complexity index is 591. The largest absolute Gasteiger partial charge is 0.496 e. The molecule has 0 spiro atoms. The minimum Gasteiger partial charge on any atom is -0.496 e. The van der Waals surface area contributed by atoms with Crippen LogP contribution in [0, 0.1) is 0 Å². The van der Waals surface area contributed by atoms with E-state index in [9.17, 15) is 0 Å². The van der Waals surface area contributed by atoms with Crippen molar-refractivity contribution in [2.45, 2.75) is 22.6 Å². The predicted octanol–water partition coefficient (Wildman–Crippen LogP) is 5.42. The zero-order valence-corrected chi connectivity index (χ0v) is 15.6. The van der Waals surface area contributed by atoms with Gasteiger partial charge in [-0.15, -0.1) is 23.2 Å². The summed E-state index contributed by atoms with van der Waals surface area (Å²) in [5, 5.41) is 0. The summed E-state index contributed by atoms with van der Waals surface area (Å²) in [6.45, 7) is 0. The SMILES string of the molecule is COc1cccc(Sc2cccc(OC)c2CCCl)c1CCCl. The number of methoxy groups -OCH3 is 2. The molecule has 0 aliphatic heterocycles. The van der Waals surface area contributed by atoms with Crippen molar-refractivity contribution in [3.8, 4) is 11.5 Å². The first kappa shape index (κ1) is 18.3. The van der Waals surface area contributed by atoms with Crippen molar-refractivity contribution in [2.24, 2.45) is 0 Å². The fourth-order valence-electron chi connectivity index (χ4n) is 2.46. The Hall–Kier alpha value is -1.03. The van der Waals surface area contributed by atoms with Gasteiger partial charge in [-0.05, 0) is 37.1 Å². The number of hydrogen-bond acceptors (Lipinski definition) is 3. The highest BCUT2D eigenvalue weighted by molar-refractivity contribution is 7.99. The minimum absolute atomic E-state index is 0.556. The molecule has 5 heteroatoms. The van der Waals surface area contributed by atoms with Crippen LogP contribution < -0.4 is 9.47 Å². The van der Waals surface area contributed by atoms with E-state index in [2.05, 4.69) is 12.1 Å². The lowest BCUT2D eigenvalue weighted by Crippen LogP contribution is -1.98. The molecule has 0 amide bonds. The van der Waals surface area contributed by atoms with E-state index in [-0.39, 0.29) is 0 Å². The van der Waals surface area contributed by atoms with Crippen LogP contribution in [0.4, 0.5) is 0 Å². The predicted molar refractivity (Wildman–Crippen MR) is 99.0 cm³/mol. The molecule has 0 saturated carbocycles. The Morgan fingerprint density at radius 2 is 1.22 bits per heavy atom. The Kier molecular flexibility index (Phi) is 7.41. The Labute approximate surface area is 152 Å². The van der Waals surface area contributed by atoms with Gasteiger partial charge in [0.25, 0.3) is 0 Å². The number of ether oxygens (including phenoxy) is 2. The van der Waals surface area contributed by atoms with Gasteiger partial charge in [0, 0.05) is 32.7 Å². The Balaban J connectivity index is 2.43. The minimum atomic E-state index is 0.556. The summed E-state index contributed by atoms with van der Waals surface area (Å²) in [4.78, 5) is 2.29. The molecule has 0 radical (unpaired) electrons. The number of rotatable bonds is 8. The molecular formula is C18H20Cl2O2S. The van der Waals surface area contributed by atoms with Crippen molar-refractivity contribution in [3.05, 3.63) is 47.5 Å². The van der Waals surface area contributed by atoms with Crippen molar-refractivity contribution < 1.29 is 9.47 Å². The van der Waals surface area contributed by atoms with Gasteiger partial charge in [0.15, 0.2) is 0 Å². The van der Waals surface area contributed by atoms with Crippen molar-refractivity contribution in [1.29, 1.82) is 0 Å². The number of halogens is 2. The fourth-order valence-corrected chi connectivity index (χ4v) is 4.02. The number of benzene rings is 2. The summed E-state index contributed by atoms with van der Waals surface area (Å²) >= 11 is 13.6. The molecule has 0 bridgehead atoms. The highest BCUT2D eigenvalue weighted by Gasteiger charge is 2.14. The lowest BCUT2D eigenvalue weighted by atomic mass is 10.1. The van der Waals surface area contributed by atoms with Gasteiger partial charge in [0.05, 0.1) is 14.2 Å². The molecular weight excluding hydrogens is 351 g/mol. The molecule has 0 atom stereocenters. The van der Waals surface area contributed by atoms with Crippen LogP contribution in [-0.4, -0.2) is 26.0 Å². The molecule has 124 valence electrons. The highest BCUT2D eigenvalue weighted by atomic mass is 35.5. The molecule has 0 fully saturated rings. The van der Waals surface area contributed by atoms with Crippen LogP contribution in [0.3, 0.4) is 0 Å². The van der Waals surface area contributed by atoms with E-state index in [1.54, 1.807) is 26.0 Å². The highest BCUT2D eigenvalue weighted by Crippen LogP contribution is 2.39. The summed E-state index contributed by atoms with van der Waals surface area (Å²) in [7, 11) is 3.37. The molecule has 2 aromatic rings. The van der Waals surface area contributed by atoms with Gasteiger partial charge in [-0.3, -0.25) is 0 Å². The van der Waals surface area contributed by atoms with E-state index in [1.165, 1.54) is 0 Å². The second-order valence-corrected chi connectivity index (χ2v) is 6.69. The molecule has 23 heavy (non-hydrogen) atoms. The molecule has 2 nitrogen and oxygen atoms in total. The third kappa shape index (κ3) is 4.50. The summed E-state index contributed by atoms with van der Waals surface area (Å²) in [5.74, 6) is 2.86. The molecule has 0 unspecified atom stereocenters. The van der Waals surface area contributed by atoms with Crippen molar-refractivity contribution in [3.63, 3.8) is 0 Å². The summed E-state index contributed by atoms with van der Waals surface area (Å²) in [5.41, 5.74) is 2.27. The van der Waals surface area contributed by atoms with Crippen LogP contribution in [0.1, 0.15) is 11.1 Å². The molecule has 0 saturated heterocycles. The topological polar surface area (TPSA) is 18.5 Å². The van der Waals surface area contributed by atoms with E-state index in [1.807, 2.05) is 24.3 Å². The molecule has 0 aliphatic rings. The molecule has 0 aliphatic carbocycles. The van der Waals surface area contributed by atoms with E-state index in [0.717, 1.165) is 45.3 Å². The average Bonchev–Trinajstić information content (AvgIpc) is 2.58. The van der Waals surface area contributed by atoms with Gasteiger partial charge in [0.1, 0.15) is 11.5 Å². The first-order valence-corrected chi connectivity index (χ1v) is 9.25. The number of alkyl halides is 2. The zero-order chi connectivity index (χ0) is 16.7. The normalized spacial score (nSPS) is 10.6. The zero-order valence-electron chi connectivity index (χ0n) is 13.3. The van der Waals surface area contributed by atoms with Crippen LogP contribution in [0.25, 0.3) is 0 Å². The third-order valence-corrected chi connectivity index (χ3v) is 5.11. The van der Waals surface area contributed by atoms with Crippen LogP contribution in [0.2, 0.25) is 0 Å². The van der Waals surface area contributed by atoms with Gasteiger partial charge in [-0.2, -0.15) is 0 Å². The first-order chi connectivity index (χ1) is 11.2. The van der Waals surface area contributed by atoms with Crippen LogP contribution in [0.5, 0.6) is 11.5 Å². The van der Waals surface area contributed by atoms with Gasteiger partial charge in [-0.25, -0.2) is 0 Å². The summed E-state index contributed by atoms with van der Waals surface area (Å²) in [6, 6.07) is 12.1. The maximum Gasteiger partial charge on any atom is 0.123 e. The fraction of sp³-hybridized carbons (Fsp3) is 0.333. The first-order valence-electron chi connectivity index (χ1n) is 7.36. The smallest absolute Gasteiger partial charge is 0.123 e. The maximum absolute atomic E-state index is 5.97. The van der Waals surface area contributed by atoms with E-state index in [0.29, 0.717) is 11.8 Å². The van der Waals surface area contributed by atoms with E-state index in [4.69, 9.17) is 32.7 Å². The standard InChI is InChI=1S/C18H20Cl2O2S/c1-21-15-5-3-7-17(13(15)9-11-19)23-18-8-4-6-16(22-2)14(18)10-12-20/h3-8H,9-12H2,1-2H3. The average molecular weight is 371 g/mol.